The number of hydrogen-bond donors (Lipinski definition) is 0. The van der Waals surface area contributed by atoms with Gasteiger partial charge in [0.25, 0.3) is 5.69 Å². The van der Waals surface area contributed by atoms with E-state index in [1.165, 1.54) is 25.3 Å². The Hall–Kier alpha value is -3.33. The number of rotatable bonds is 8. The van der Waals surface area contributed by atoms with Crippen molar-refractivity contribution in [3.63, 3.8) is 0 Å². The SMILES string of the molecule is COC(=O)c1c(C)nc(C)c(C(=O)OCCCN(C)C)c1-c1ccccc1[N+](=O)[O-]. The molecule has 0 bridgehead atoms. The van der Waals surface area contributed by atoms with Crippen molar-refractivity contribution in [2.75, 3.05) is 34.4 Å². The molecule has 160 valence electrons. The van der Waals surface area contributed by atoms with Crippen LogP contribution in [-0.4, -0.2) is 61.1 Å². The van der Waals surface area contributed by atoms with Crippen LogP contribution in [0, 0.1) is 24.0 Å². The van der Waals surface area contributed by atoms with E-state index in [9.17, 15) is 19.7 Å². The van der Waals surface area contributed by atoms with Gasteiger partial charge in [0, 0.05) is 18.2 Å². The summed E-state index contributed by atoms with van der Waals surface area (Å²) in [6, 6.07) is 5.91. The van der Waals surface area contributed by atoms with E-state index in [0.29, 0.717) is 17.8 Å². The van der Waals surface area contributed by atoms with Gasteiger partial charge < -0.3 is 14.4 Å². The van der Waals surface area contributed by atoms with Crippen molar-refractivity contribution < 1.29 is 24.0 Å². The molecule has 0 aliphatic rings. The van der Waals surface area contributed by atoms with Crippen LogP contribution >= 0.6 is 0 Å². The molecule has 0 amide bonds. The zero-order chi connectivity index (χ0) is 22.4. The maximum atomic E-state index is 13.0. The third-order valence-corrected chi connectivity index (χ3v) is 4.51. The average molecular weight is 415 g/mol. The fourth-order valence-electron chi connectivity index (χ4n) is 3.18. The summed E-state index contributed by atoms with van der Waals surface area (Å²) in [5, 5.41) is 11.6. The summed E-state index contributed by atoms with van der Waals surface area (Å²) < 4.78 is 10.3. The van der Waals surface area contributed by atoms with Crippen molar-refractivity contribution in [1.82, 2.24) is 9.88 Å². The van der Waals surface area contributed by atoms with E-state index >= 15 is 0 Å². The number of carbonyl (C=O) groups excluding carboxylic acids is 2. The number of carbonyl (C=O) groups is 2. The van der Waals surface area contributed by atoms with E-state index in [1.807, 2.05) is 19.0 Å². The molecule has 0 unspecified atom stereocenters. The Morgan fingerprint density at radius 1 is 1.10 bits per heavy atom. The summed E-state index contributed by atoms with van der Waals surface area (Å²) in [5.74, 6) is -1.44. The summed E-state index contributed by atoms with van der Waals surface area (Å²) in [5.41, 5.74) is 0.600. The number of aromatic nitrogens is 1. The molecule has 0 saturated carbocycles. The molecule has 0 saturated heterocycles. The van der Waals surface area contributed by atoms with Crippen LogP contribution in [0.25, 0.3) is 11.1 Å². The summed E-state index contributed by atoms with van der Waals surface area (Å²) >= 11 is 0. The van der Waals surface area contributed by atoms with Crippen molar-refractivity contribution in [1.29, 1.82) is 0 Å². The fraction of sp³-hybridized carbons (Fsp3) is 0.381. The van der Waals surface area contributed by atoms with Gasteiger partial charge in [-0.1, -0.05) is 12.1 Å². The fourth-order valence-corrected chi connectivity index (χ4v) is 3.18. The number of para-hydroxylation sites is 1. The number of pyridine rings is 1. The molecule has 0 fully saturated rings. The molecule has 2 rings (SSSR count). The first-order chi connectivity index (χ1) is 14.2. The monoisotopic (exact) mass is 415 g/mol. The molecule has 0 aliphatic heterocycles. The van der Waals surface area contributed by atoms with Crippen LogP contribution in [0.15, 0.2) is 24.3 Å². The Morgan fingerprint density at radius 3 is 2.27 bits per heavy atom. The molecule has 0 spiro atoms. The van der Waals surface area contributed by atoms with Crippen LogP contribution in [0.1, 0.15) is 38.5 Å². The Balaban J connectivity index is 2.70. The average Bonchev–Trinajstić information content (AvgIpc) is 2.69. The maximum Gasteiger partial charge on any atom is 0.340 e. The number of nitrogens with zero attached hydrogens (tertiary/aromatic N) is 3. The third kappa shape index (κ3) is 4.98. The number of nitro groups is 1. The van der Waals surface area contributed by atoms with Gasteiger partial charge in [0.2, 0.25) is 0 Å². The normalized spacial score (nSPS) is 10.7. The number of methoxy groups -OCH3 is 1. The highest BCUT2D eigenvalue weighted by Crippen LogP contribution is 2.37. The standard InChI is InChI=1S/C21H25N3O6/c1-13-17(20(25)29-5)19(15-9-6-7-10-16(15)24(27)28)18(14(2)22-13)21(26)30-12-8-11-23(3)4/h6-7,9-10H,8,11-12H2,1-5H3. The number of ether oxygens (including phenoxy) is 2. The van der Waals surface area contributed by atoms with Crippen molar-refractivity contribution in [3.8, 4) is 11.1 Å². The van der Waals surface area contributed by atoms with Gasteiger partial charge in [-0.05, 0) is 40.4 Å². The van der Waals surface area contributed by atoms with E-state index in [-0.39, 0.29) is 34.5 Å². The summed E-state index contributed by atoms with van der Waals surface area (Å²) in [6.45, 7) is 4.07. The minimum absolute atomic E-state index is 0.00218. The molecule has 1 heterocycles. The Kier molecular flexibility index (Phi) is 7.60. The number of aryl methyl sites for hydroxylation is 2. The van der Waals surface area contributed by atoms with Gasteiger partial charge in [0.15, 0.2) is 0 Å². The first-order valence-corrected chi connectivity index (χ1v) is 9.34. The Morgan fingerprint density at radius 2 is 1.70 bits per heavy atom. The van der Waals surface area contributed by atoms with Crippen molar-refractivity contribution in [2.45, 2.75) is 20.3 Å². The van der Waals surface area contributed by atoms with Gasteiger partial charge in [-0.2, -0.15) is 0 Å². The molecule has 1 aromatic heterocycles. The lowest BCUT2D eigenvalue weighted by atomic mass is 9.91. The lowest BCUT2D eigenvalue weighted by molar-refractivity contribution is -0.384. The Labute approximate surface area is 174 Å². The van der Waals surface area contributed by atoms with Crippen LogP contribution in [0.2, 0.25) is 0 Å². The minimum atomic E-state index is -0.741. The van der Waals surface area contributed by atoms with E-state index in [2.05, 4.69) is 4.98 Å². The zero-order valence-corrected chi connectivity index (χ0v) is 17.7. The Bertz CT molecular complexity index is 971. The smallest absolute Gasteiger partial charge is 0.340 e. The first kappa shape index (κ1) is 23.0. The van der Waals surface area contributed by atoms with E-state index in [1.54, 1.807) is 19.9 Å². The number of hydrogen-bond acceptors (Lipinski definition) is 8. The van der Waals surface area contributed by atoms with Gasteiger partial charge in [-0.25, -0.2) is 9.59 Å². The summed E-state index contributed by atoms with van der Waals surface area (Å²) in [7, 11) is 5.01. The van der Waals surface area contributed by atoms with Gasteiger partial charge >= 0.3 is 11.9 Å². The third-order valence-electron chi connectivity index (χ3n) is 4.51. The quantitative estimate of drug-likeness (QED) is 0.280. The van der Waals surface area contributed by atoms with Gasteiger partial charge in [0.05, 0.1) is 46.7 Å². The molecule has 0 aliphatic carbocycles. The molecular weight excluding hydrogens is 390 g/mol. The lowest BCUT2D eigenvalue weighted by Gasteiger charge is -2.18. The van der Waals surface area contributed by atoms with E-state index in [4.69, 9.17) is 9.47 Å². The van der Waals surface area contributed by atoms with Crippen molar-refractivity contribution >= 4 is 17.6 Å². The first-order valence-electron chi connectivity index (χ1n) is 9.34. The highest BCUT2D eigenvalue weighted by molar-refractivity contribution is 6.08. The second-order valence-corrected chi connectivity index (χ2v) is 6.97. The second-order valence-electron chi connectivity index (χ2n) is 6.97. The number of benzene rings is 1. The van der Waals surface area contributed by atoms with Gasteiger partial charge in [0.1, 0.15) is 0 Å². The van der Waals surface area contributed by atoms with Crippen LogP contribution in [0.3, 0.4) is 0 Å². The van der Waals surface area contributed by atoms with Gasteiger partial charge in [-0.15, -0.1) is 0 Å². The molecule has 30 heavy (non-hydrogen) atoms. The van der Waals surface area contributed by atoms with E-state index < -0.39 is 16.9 Å². The predicted octanol–water partition coefficient (Wildman–Crippen LogP) is 3.17. The van der Waals surface area contributed by atoms with Crippen LogP contribution < -0.4 is 0 Å². The predicted molar refractivity (Wildman–Crippen MR) is 111 cm³/mol. The topological polar surface area (TPSA) is 112 Å². The van der Waals surface area contributed by atoms with Crippen LogP contribution in [-0.2, 0) is 9.47 Å². The summed E-state index contributed by atoms with van der Waals surface area (Å²) in [6.07, 6.45) is 0.613. The minimum Gasteiger partial charge on any atom is -0.465 e. The van der Waals surface area contributed by atoms with Crippen molar-refractivity contribution in [3.05, 3.63) is 56.9 Å². The molecule has 2 aromatic rings. The zero-order valence-electron chi connectivity index (χ0n) is 17.7. The lowest BCUT2D eigenvalue weighted by Crippen LogP contribution is -2.19. The molecule has 9 heteroatoms. The summed E-state index contributed by atoms with van der Waals surface area (Å²) in [4.78, 5) is 42.8. The van der Waals surface area contributed by atoms with Gasteiger partial charge in [-0.3, -0.25) is 15.1 Å². The molecule has 9 nitrogen and oxygen atoms in total. The molecule has 0 radical (unpaired) electrons. The van der Waals surface area contributed by atoms with Crippen LogP contribution in [0.4, 0.5) is 5.69 Å². The molecule has 0 atom stereocenters. The van der Waals surface area contributed by atoms with E-state index in [0.717, 1.165) is 6.54 Å². The maximum absolute atomic E-state index is 13.0. The number of esters is 2. The highest BCUT2D eigenvalue weighted by Gasteiger charge is 2.31. The molecular formula is C21H25N3O6. The molecule has 1 aromatic carbocycles. The second kappa shape index (κ2) is 9.93. The van der Waals surface area contributed by atoms with Crippen molar-refractivity contribution in [2.24, 2.45) is 0 Å². The molecule has 0 N–H and O–H groups in total. The van der Waals surface area contributed by atoms with Crippen LogP contribution in [0.5, 0.6) is 0 Å². The largest absolute Gasteiger partial charge is 0.465 e. The highest BCUT2D eigenvalue weighted by atomic mass is 16.6. The number of nitro benzene ring substituents is 1.